The Morgan fingerprint density at radius 1 is 1.31 bits per heavy atom. The number of sulfonamides is 1. The summed E-state index contributed by atoms with van der Waals surface area (Å²) in [5.41, 5.74) is 1.83. The summed E-state index contributed by atoms with van der Waals surface area (Å²) in [5, 5.41) is 15.6. The van der Waals surface area contributed by atoms with Gasteiger partial charge in [0.25, 0.3) is 0 Å². The van der Waals surface area contributed by atoms with Crippen molar-refractivity contribution in [2.24, 2.45) is 11.8 Å². The van der Waals surface area contributed by atoms with Gasteiger partial charge >= 0.3 is 0 Å². The summed E-state index contributed by atoms with van der Waals surface area (Å²) >= 11 is 6.12. The Morgan fingerprint density at radius 3 is 2.62 bits per heavy atom. The molecule has 0 spiro atoms. The summed E-state index contributed by atoms with van der Waals surface area (Å²) < 4.78 is 28.1. The number of hydrogen-bond donors (Lipinski definition) is 1. The first-order valence-electron chi connectivity index (χ1n) is 9.41. The van der Waals surface area contributed by atoms with E-state index in [2.05, 4.69) is 17.7 Å². The highest BCUT2D eigenvalue weighted by Crippen LogP contribution is 2.55. The first-order valence-corrected chi connectivity index (χ1v) is 11.7. The fraction of sp³-hybridized carbons (Fsp3) is 0.333. The van der Waals surface area contributed by atoms with Gasteiger partial charge < -0.3 is 0 Å². The zero-order valence-corrected chi connectivity index (χ0v) is 17.7. The standard InChI is InChI=1S/C21H21ClN4O2S/c1-3-21(18-11-14(18)12-23,15-7-9-16(22)10-8-15)26-20-6-4-5-19(17(20)13-24-26)25-29(2,27)28/h4-10,13-14,18,25H,3,11H2,1-2H3. The van der Waals surface area contributed by atoms with Gasteiger partial charge in [-0.15, -0.1) is 0 Å². The van der Waals surface area contributed by atoms with Crippen LogP contribution in [0.25, 0.3) is 10.9 Å². The molecule has 0 amide bonds. The smallest absolute Gasteiger partial charge is 0.229 e. The lowest BCUT2D eigenvalue weighted by atomic mass is 9.81. The van der Waals surface area contributed by atoms with Crippen molar-refractivity contribution < 1.29 is 8.42 Å². The Labute approximate surface area is 175 Å². The Hall–Kier alpha value is -2.56. The van der Waals surface area contributed by atoms with Gasteiger partial charge in [0.1, 0.15) is 0 Å². The molecule has 6 nitrogen and oxygen atoms in total. The highest BCUT2D eigenvalue weighted by molar-refractivity contribution is 7.92. The lowest BCUT2D eigenvalue weighted by Gasteiger charge is -2.35. The lowest BCUT2D eigenvalue weighted by Crippen LogP contribution is -2.38. The fourth-order valence-corrected chi connectivity index (χ4v) is 5.07. The van der Waals surface area contributed by atoms with E-state index in [1.54, 1.807) is 12.3 Å². The molecule has 0 saturated heterocycles. The van der Waals surface area contributed by atoms with E-state index in [0.717, 1.165) is 35.6 Å². The van der Waals surface area contributed by atoms with Crippen LogP contribution in [-0.2, 0) is 15.6 Å². The molecular formula is C21H21ClN4O2S. The highest BCUT2D eigenvalue weighted by atomic mass is 35.5. The van der Waals surface area contributed by atoms with Crippen molar-refractivity contribution in [2.45, 2.75) is 25.3 Å². The fourth-order valence-electron chi connectivity index (χ4n) is 4.37. The molecule has 2 aromatic carbocycles. The molecule has 4 rings (SSSR count). The molecule has 1 N–H and O–H groups in total. The van der Waals surface area contributed by atoms with E-state index in [1.807, 2.05) is 41.1 Å². The Morgan fingerprint density at radius 2 is 2.03 bits per heavy atom. The van der Waals surface area contributed by atoms with Crippen LogP contribution < -0.4 is 4.72 Å². The molecule has 3 atom stereocenters. The quantitative estimate of drug-likeness (QED) is 0.631. The number of halogens is 1. The number of benzene rings is 2. The van der Waals surface area contributed by atoms with Crippen LogP contribution in [0.5, 0.6) is 0 Å². The SMILES string of the molecule is CCC(c1ccc(Cl)cc1)(C1CC1C#N)n1ncc2c(NS(C)(=O)=O)cccc21. The summed E-state index contributed by atoms with van der Waals surface area (Å²) in [6, 6.07) is 15.6. The third-order valence-corrected chi connectivity index (χ3v) is 6.58. The first kappa shape index (κ1) is 19.7. The van der Waals surface area contributed by atoms with Crippen molar-refractivity contribution in [3.8, 4) is 6.07 Å². The topological polar surface area (TPSA) is 87.8 Å². The predicted octanol–water partition coefficient (Wildman–Crippen LogP) is 4.37. The van der Waals surface area contributed by atoms with Crippen LogP contribution in [-0.4, -0.2) is 24.5 Å². The molecule has 1 heterocycles. The number of fused-ring (bicyclic) bond motifs is 1. The zero-order chi connectivity index (χ0) is 20.8. The van der Waals surface area contributed by atoms with Crippen molar-refractivity contribution >= 4 is 38.2 Å². The van der Waals surface area contributed by atoms with Gasteiger partial charge in [-0.3, -0.25) is 9.40 Å². The van der Waals surface area contributed by atoms with Crippen LogP contribution in [0, 0.1) is 23.2 Å². The number of anilines is 1. The third kappa shape index (κ3) is 3.37. The second kappa shape index (κ2) is 7.05. The summed E-state index contributed by atoms with van der Waals surface area (Å²) in [7, 11) is -3.42. The van der Waals surface area contributed by atoms with Crippen LogP contribution in [0.3, 0.4) is 0 Å². The second-order valence-corrected chi connectivity index (χ2v) is 9.72. The lowest BCUT2D eigenvalue weighted by molar-refractivity contribution is 0.267. The van der Waals surface area contributed by atoms with Crippen molar-refractivity contribution in [3.05, 3.63) is 59.2 Å². The molecule has 1 fully saturated rings. The van der Waals surface area contributed by atoms with Crippen molar-refractivity contribution in [1.82, 2.24) is 9.78 Å². The number of nitrogens with one attached hydrogen (secondary N) is 1. The van der Waals surface area contributed by atoms with E-state index < -0.39 is 15.6 Å². The van der Waals surface area contributed by atoms with Crippen LogP contribution in [0.1, 0.15) is 25.3 Å². The van der Waals surface area contributed by atoms with E-state index in [9.17, 15) is 13.7 Å². The van der Waals surface area contributed by atoms with Gasteiger partial charge in [-0.2, -0.15) is 10.4 Å². The molecule has 1 saturated carbocycles. The number of nitriles is 1. The van der Waals surface area contributed by atoms with Gasteiger partial charge in [-0.25, -0.2) is 8.42 Å². The maximum absolute atomic E-state index is 11.8. The average Bonchev–Trinajstić information content (AvgIpc) is 3.34. The van der Waals surface area contributed by atoms with Crippen LogP contribution in [0.15, 0.2) is 48.7 Å². The molecule has 0 bridgehead atoms. The van der Waals surface area contributed by atoms with Crippen molar-refractivity contribution in [3.63, 3.8) is 0 Å². The molecule has 1 aliphatic carbocycles. The monoisotopic (exact) mass is 428 g/mol. The molecule has 3 aromatic rings. The van der Waals surface area contributed by atoms with Crippen LogP contribution in [0.2, 0.25) is 5.02 Å². The molecule has 1 aromatic heterocycles. The normalized spacial score (nSPS) is 20.8. The summed E-state index contributed by atoms with van der Waals surface area (Å²) in [4.78, 5) is 0. The number of hydrogen-bond acceptors (Lipinski definition) is 4. The van der Waals surface area contributed by atoms with Gasteiger partial charge in [0, 0.05) is 16.3 Å². The van der Waals surface area contributed by atoms with E-state index in [1.165, 1.54) is 0 Å². The second-order valence-electron chi connectivity index (χ2n) is 7.53. The van der Waals surface area contributed by atoms with Gasteiger partial charge in [0.05, 0.1) is 41.2 Å². The minimum absolute atomic E-state index is 0.0396. The van der Waals surface area contributed by atoms with E-state index in [-0.39, 0.29) is 11.8 Å². The molecular weight excluding hydrogens is 408 g/mol. The Bertz CT molecular complexity index is 1210. The van der Waals surface area contributed by atoms with E-state index in [4.69, 9.17) is 16.7 Å². The van der Waals surface area contributed by atoms with Crippen LogP contribution >= 0.6 is 11.6 Å². The zero-order valence-electron chi connectivity index (χ0n) is 16.1. The van der Waals surface area contributed by atoms with Gasteiger partial charge in [-0.05, 0) is 42.7 Å². The van der Waals surface area contributed by atoms with E-state index >= 15 is 0 Å². The van der Waals surface area contributed by atoms with Gasteiger partial charge in [0.15, 0.2) is 0 Å². The maximum Gasteiger partial charge on any atom is 0.229 e. The number of rotatable bonds is 6. The molecule has 150 valence electrons. The Kier molecular flexibility index (Phi) is 4.80. The van der Waals surface area contributed by atoms with E-state index in [0.29, 0.717) is 10.7 Å². The molecule has 29 heavy (non-hydrogen) atoms. The largest absolute Gasteiger partial charge is 0.283 e. The van der Waals surface area contributed by atoms with Gasteiger partial charge in [0.2, 0.25) is 10.0 Å². The number of aromatic nitrogens is 2. The molecule has 3 unspecified atom stereocenters. The average molecular weight is 429 g/mol. The van der Waals surface area contributed by atoms with Crippen molar-refractivity contribution in [2.75, 3.05) is 11.0 Å². The minimum atomic E-state index is -3.42. The highest BCUT2D eigenvalue weighted by Gasteiger charge is 2.55. The van der Waals surface area contributed by atoms with Crippen molar-refractivity contribution in [1.29, 1.82) is 5.26 Å². The molecule has 8 heteroatoms. The van der Waals surface area contributed by atoms with Gasteiger partial charge in [-0.1, -0.05) is 36.7 Å². The molecule has 0 aliphatic heterocycles. The summed E-state index contributed by atoms with van der Waals surface area (Å²) in [6.45, 7) is 2.09. The molecule has 0 radical (unpaired) electrons. The molecule has 1 aliphatic rings. The summed E-state index contributed by atoms with van der Waals surface area (Å²) in [5.74, 6) is 0.0792. The predicted molar refractivity (Wildman–Crippen MR) is 114 cm³/mol. The summed E-state index contributed by atoms with van der Waals surface area (Å²) in [6.07, 6.45) is 4.35. The maximum atomic E-state index is 11.8. The third-order valence-electron chi connectivity index (χ3n) is 5.74. The van der Waals surface area contributed by atoms with Crippen LogP contribution in [0.4, 0.5) is 5.69 Å². The first-order chi connectivity index (χ1) is 13.8. The number of nitrogens with zero attached hydrogens (tertiary/aromatic N) is 3. The minimum Gasteiger partial charge on any atom is -0.283 e. The Balaban J connectivity index is 1.95.